The summed E-state index contributed by atoms with van der Waals surface area (Å²) in [4.78, 5) is 26.7. The van der Waals surface area contributed by atoms with E-state index in [9.17, 15) is 9.59 Å². The van der Waals surface area contributed by atoms with Crippen LogP contribution in [0.1, 0.15) is 46.0 Å². The summed E-state index contributed by atoms with van der Waals surface area (Å²) < 4.78 is 0. The third-order valence-electron chi connectivity index (χ3n) is 3.76. The third kappa shape index (κ3) is 3.69. The second kappa shape index (κ2) is 7.12. The SMILES string of the molecule is C=CN(C(C)=O)C(C1CCCCC1)N(C=C)C(C)=O. The number of hydrogen-bond acceptors (Lipinski definition) is 2. The Morgan fingerprint density at radius 3 is 1.74 bits per heavy atom. The van der Waals surface area contributed by atoms with Crippen LogP contribution in [-0.2, 0) is 9.59 Å². The van der Waals surface area contributed by atoms with E-state index in [1.165, 1.54) is 32.7 Å². The summed E-state index contributed by atoms with van der Waals surface area (Å²) in [5.74, 6) is 0.0925. The van der Waals surface area contributed by atoms with Crippen molar-refractivity contribution in [3.63, 3.8) is 0 Å². The first-order valence-corrected chi connectivity index (χ1v) is 6.85. The van der Waals surface area contributed by atoms with Crippen LogP contribution in [-0.4, -0.2) is 27.8 Å². The molecule has 0 saturated heterocycles. The molecule has 0 aliphatic heterocycles. The Labute approximate surface area is 115 Å². The van der Waals surface area contributed by atoms with Crippen LogP contribution in [0.25, 0.3) is 0 Å². The number of rotatable bonds is 5. The average Bonchev–Trinajstić information content (AvgIpc) is 2.39. The molecule has 1 rings (SSSR count). The molecule has 0 aromatic rings. The van der Waals surface area contributed by atoms with Crippen molar-refractivity contribution in [2.75, 3.05) is 0 Å². The number of hydrogen-bond donors (Lipinski definition) is 0. The van der Waals surface area contributed by atoms with E-state index < -0.39 is 0 Å². The van der Waals surface area contributed by atoms with E-state index >= 15 is 0 Å². The highest BCUT2D eigenvalue weighted by Gasteiger charge is 2.34. The lowest BCUT2D eigenvalue weighted by Crippen LogP contribution is -2.52. The van der Waals surface area contributed by atoms with Crippen LogP contribution in [0, 0.1) is 5.92 Å². The van der Waals surface area contributed by atoms with Crippen LogP contribution in [0.15, 0.2) is 25.6 Å². The van der Waals surface area contributed by atoms with Gasteiger partial charge in [-0.1, -0.05) is 32.4 Å². The van der Waals surface area contributed by atoms with Crippen molar-refractivity contribution in [2.24, 2.45) is 5.92 Å². The van der Waals surface area contributed by atoms with Crippen molar-refractivity contribution in [2.45, 2.75) is 52.1 Å². The second-order valence-electron chi connectivity index (χ2n) is 5.03. The zero-order chi connectivity index (χ0) is 14.4. The van der Waals surface area contributed by atoms with Crippen molar-refractivity contribution in [1.82, 2.24) is 9.80 Å². The van der Waals surface area contributed by atoms with Gasteiger partial charge in [0.2, 0.25) is 11.8 Å². The molecule has 1 fully saturated rings. The molecule has 1 aliphatic carbocycles. The fraction of sp³-hybridized carbons (Fsp3) is 0.600. The van der Waals surface area contributed by atoms with Crippen molar-refractivity contribution in [1.29, 1.82) is 0 Å². The predicted octanol–water partition coefficient (Wildman–Crippen LogP) is 2.88. The highest BCUT2D eigenvalue weighted by Crippen LogP contribution is 2.31. The number of nitrogens with zero attached hydrogens (tertiary/aromatic N) is 2. The van der Waals surface area contributed by atoms with Crippen LogP contribution in [0.3, 0.4) is 0 Å². The van der Waals surface area contributed by atoms with Crippen LogP contribution in [0.5, 0.6) is 0 Å². The van der Waals surface area contributed by atoms with E-state index in [0.29, 0.717) is 0 Å². The molecule has 1 saturated carbocycles. The normalized spacial score (nSPS) is 15.9. The van der Waals surface area contributed by atoms with E-state index in [1.807, 2.05) is 0 Å². The van der Waals surface area contributed by atoms with E-state index in [0.717, 1.165) is 25.7 Å². The minimum atomic E-state index is -0.287. The van der Waals surface area contributed by atoms with E-state index in [2.05, 4.69) is 13.2 Å². The van der Waals surface area contributed by atoms with Gasteiger partial charge in [-0.25, -0.2) is 0 Å². The average molecular weight is 264 g/mol. The summed E-state index contributed by atoms with van der Waals surface area (Å²) in [5, 5.41) is 0. The van der Waals surface area contributed by atoms with Crippen molar-refractivity contribution < 1.29 is 9.59 Å². The lowest BCUT2D eigenvalue weighted by atomic mass is 9.85. The predicted molar refractivity (Wildman–Crippen MR) is 75.8 cm³/mol. The minimum absolute atomic E-state index is 0.0985. The molecule has 106 valence electrons. The highest BCUT2D eigenvalue weighted by molar-refractivity contribution is 5.78. The fourth-order valence-electron chi connectivity index (χ4n) is 2.87. The molecular weight excluding hydrogens is 240 g/mol. The maximum absolute atomic E-state index is 11.8. The van der Waals surface area contributed by atoms with Gasteiger partial charge in [0.05, 0.1) is 0 Å². The molecule has 0 heterocycles. The number of amides is 2. The lowest BCUT2D eigenvalue weighted by molar-refractivity contribution is -0.140. The smallest absolute Gasteiger partial charge is 0.225 e. The second-order valence-corrected chi connectivity index (χ2v) is 5.03. The quantitative estimate of drug-likeness (QED) is 0.716. The molecule has 0 spiro atoms. The summed E-state index contributed by atoms with van der Waals surface area (Å²) in [5.41, 5.74) is 0. The molecule has 0 N–H and O–H groups in total. The van der Waals surface area contributed by atoms with E-state index in [1.54, 1.807) is 9.80 Å². The van der Waals surface area contributed by atoms with Crippen molar-refractivity contribution >= 4 is 11.8 Å². The molecule has 4 heteroatoms. The van der Waals surface area contributed by atoms with Gasteiger partial charge in [0.25, 0.3) is 0 Å². The molecule has 2 amide bonds. The Morgan fingerprint density at radius 2 is 1.42 bits per heavy atom. The van der Waals surface area contributed by atoms with Crippen LogP contribution < -0.4 is 0 Å². The van der Waals surface area contributed by atoms with Gasteiger partial charge in [0, 0.05) is 26.2 Å². The summed E-state index contributed by atoms with van der Waals surface area (Å²) in [6, 6.07) is 0. The minimum Gasteiger partial charge on any atom is -0.298 e. The molecule has 19 heavy (non-hydrogen) atoms. The summed E-state index contributed by atoms with van der Waals surface area (Å²) in [7, 11) is 0. The fourth-order valence-corrected chi connectivity index (χ4v) is 2.87. The van der Waals surface area contributed by atoms with Gasteiger partial charge in [-0.2, -0.15) is 0 Å². The Balaban J connectivity index is 3.06. The van der Waals surface area contributed by atoms with E-state index in [4.69, 9.17) is 0 Å². The topological polar surface area (TPSA) is 40.6 Å². The van der Waals surface area contributed by atoms with Crippen LogP contribution in [0.2, 0.25) is 0 Å². The Morgan fingerprint density at radius 1 is 1.00 bits per heavy atom. The Bertz CT molecular complexity index is 333. The molecule has 1 aliphatic rings. The maximum Gasteiger partial charge on any atom is 0.225 e. The maximum atomic E-state index is 11.8. The molecule has 0 aromatic heterocycles. The molecule has 0 radical (unpaired) electrons. The van der Waals surface area contributed by atoms with Gasteiger partial charge in [-0.3, -0.25) is 19.4 Å². The summed E-state index contributed by atoms with van der Waals surface area (Å²) in [6.45, 7) is 10.4. The zero-order valence-electron chi connectivity index (χ0n) is 12.0. The van der Waals surface area contributed by atoms with Crippen molar-refractivity contribution in [3.05, 3.63) is 25.6 Å². The summed E-state index contributed by atoms with van der Waals surface area (Å²) >= 11 is 0. The first kappa shape index (κ1) is 15.5. The first-order valence-electron chi connectivity index (χ1n) is 6.85. The number of carbonyl (C=O) groups is 2. The molecule has 0 aromatic carbocycles. The van der Waals surface area contributed by atoms with Gasteiger partial charge < -0.3 is 0 Å². The third-order valence-corrected chi connectivity index (χ3v) is 3.76. The number of carbonyl (C=O) groups excluding carboxylic acids is 2. The standard InChI is InChI=1S/C15H24N2O2/c1-5-16(12(3)18)15(17(6-2)13(4)19)14-10-8-7-9-11-14/h5-6,14-15H,1-2,7-11H2,3-4H3. The summed E-state index contributed by atoms with van der Waals surface area (Å²) in [6.07, 6.45) is 8.32. The Kier molecular flexibility index (Phi) is 5.80. The Hall–Kier alpha value is -1.58. The molecule has 0 unspecified atom stereocenters. The van der Waals surface area contributed by atoms with Gasteiger partial charge >= 0.3 is 0 Å². The highest BCUT2D eigenvalue weighted by atomic mass is 16.2. The van der Waals surface area contributed by atoms with Crippen LogP contribution >= 0.6 is 0 Å². The largest absolute Gasteiger partial charge is 0.298 e. The molecule has 0 atom stereocenters. The van der Waals surface area contributed by atoms with Gasteiger partial charge in [0.1, 0.15) is 6.17 Å². The zero-order valence-corrected chi connectivity index (χ0v) is 12.0. The molecule has 0 bridgehead atoms. The van der Waals surface area contributed by atoms with Gasteiger partial charge in [-0.05, 0) is 18.8 Å². The van der Waals surface area contributed by atoms with Gasteiger partial charge in [-0.15, -0.1) is 0 Å². The van der Waals surface area contributed by atoms with Gasteiger partial charge in [0.15, 0.2) is 0 Å². The molecular formula is C15H24N2O2. The molecule has 4 nitrogen and oxygen atoms in total. The van der Waals surface area contributed by atoms with Crippen LogP contribution in [0.4, 0.5) is 0 Å². The van der Waals surface area contributed by atoms with E-state index in [-0.39, 0.29) is 23.9 Å². The lowest BCUT2D eigenvalue weighted by Gasteiger charge is -2.41. The monoisotopic (exact) mass is 264 g/mol. The first-order chi connectivity index (χ1) is 9.02. The van der Waals surface area contributed by atoms with Crippen molar-refractivity contribution in [3.8, 4) is 0 Å².